The van der Waals surface area contributed by atoms with Gasteiger partial charge in [-0.05, 0) is 43.2 Å². The van der Waals surface area contributed by atoms with E-state index in [1.54, 1.807) is 7.11 Å². The van der Waals surface area contributed by atoms with E-state index in [0.29, 0.717) is 17.5 Å². The van der Waals surface area contributed by atoms with Gasteiger partial charge in [-0.2, -0.15) is 0 Å². The molecule has 0 amide bonds. The van der Waals surface area contributed by atoms with Gasteiger partial charge in [0, 0.05) is 0 Å². The molecular weight excluding hydrogens is 292 g/mol. The second-order valence-corrected chi connectivity index (χ2v) is 5.19. The van der Waals surface area contributed by atoms with Gasteiger partial charge in [-0.3, -0.25) is 0 Å². The molecule has 0 fully saturated rings. The summed E-state index contributed by atoms with van der Waals surface area (Å²) in [6, 6.07) is 13.5. The van der Waals surface area contributed by atoms with E-state index in [-0.39, 0.29) is 6.61 Å². The van der Waals surface area contributed by atoms with Gasteiger partial charge in [0.25, 0.3) is 11.8 Å². The molecule has 1 heterocycles. The maximum Gasteiger partial charge on any atom is 0.254 e. The molecule has 0 bridgehead atoms. The van der Waals surface area contributed by atoms with E-state index in [1.807, 2.05) is 43.3 Å². The van der Waals surface area contributed by atoms with Gasteiger partial charge >= 0.3 is 0 Å². The van der Waals surface area contributed by atoms with E-state index in [2.05, 4.69) is 23.2 Å². The monoisotopic (exact) mass is 310 g/mol. The SMILES string of the molecule is COc1ccccc1-c1nnc(COc2cccc(C)c2C)o1. The highest BCUT2D eigenvalue weighted by atomic mass is 16.5. The number of para-hydroxylation sites is 1. The van der Waals surface area contributed by atoms with Crippen molar-refractivity contribution in [1.29, 1.82) is 0 Å². The van der Waals surface area contributed by atoms with Crippen molar-refractivity contribution in [2.75, 3.05) is 7.11 Å². The van der Waals surface area contributed by atoms with Crippen molar-refractivity contribution in [3.63, 3.8) is 0 Å². The van der Waals surface area contributed by atoms with Crippen LogP contribution in [0, 0.1) is 13.8 Å². The molecular formula is C18H18N2O3. The Kier molecular flexibility index (Phi) is 4.28. The lowest BCUT2D eigenvalue weighted by Gasteiger charge is -2.08. The lowest BCUT2D eigenvalue weighted by atomic mass is 10.1. The molecule has 0 aliphatic carbocycles. The Labute approximate surface area is 134 Å². The molecule has 0 aliphatic rings. The third-order valence-corrected chi connectivity index (χ3v) is 3.71. The van der Waals surface area contributed by atoms with Crippen molar-refractivity contribution < 1.29 is 13.9 Å². The van der Waals surface area contributed by atoms with Crippen LogP contribution in [0.25, 0.3) is 11.5 Å². The second kappa shape index (κ2) is 6.52. The molecule has 3 rings (SSSR count). The molecule has 2 aromatic carbocycles. The van der Waals surface area contributed by atoms with Crippen LogP contribution in [0.4, 0.5) is 0 Å². The standard InChI is InChI=1S/C18H18N2O3/c1-12-7-6-10-15(13(12)2)22-11-17-19-20-18(23-17)14-8-4-5-9-16(14)21-3/h4-10H,11H2,1-3H3. The fraction of sp³-hybridized carbons (Fsp3) is 0.222. The van der Waals surface area contributed by atoms with Gasteiger partial charge in [0.2, 0.25) is 0 Å². The van der Waals surface area contributed by atoms with Crippen LogP contribution in [0.3, 0.4) is 0 Å². The lowest BCUT2D eigenvalue weighted by Crippen LogP contribution is -1.98. The van der Waals surface area contributed by atoms with Crippen LogP contribution in [-0.2, 0) is 6.61 Å². The zero-order valence-corrected chi connectivity index (χ0v) is 13.4. The maximum atomic E-state index is 5.78. The molecule has 5 nitrogen and oxygen atoms in total. The number of aryl methyl sites for hydroxylation is 1. The molecule has 0 spiro atoms. The Balaban J connectivity index is 1.76. The second-order valence-electron chi connectivity index (χ2n) is 5.19. The fourth-order valence-corrected chi connectivity index (χ4v) is 2.26. The molecule has 0 N–H and O–H groups in total. The van der Waals surface area contributed by atoms with Gasteiger partial charge in [0.05, 0.1) is 12.7 Å². The first-order valence-corrected chi connectivity index (χ1v) is 7.34. The molecule has 0 unspecified atom stereocenters. The molecule has 0 saturated carbocycles. The van der Waals surface area contributed by atoms with E-state index in [1.165, 1.54) is 5.56 Å². The number of methoxy groups -OCH3 is 1. The Morgan fingerprint density at radius 1 is 0.957 bits per heavy atom. The molecule has 118 valence electrons. The summed E-state index contributed by atoms with van der Waals surface area (Å²) in [7, 11) is 1.61. The highest BCUT2D eigenvalue weighted by Crippen LogP contribution is 2.28. The maximum absolute atomic E-state index is 5.78. The number of nitrogens with zero attached hydrogens (tertiary/aromatic N) is 2. The summed E-state index contributed by atoms with van der Waals surface area (Å²) in [5.74, 6) is 2.36. The van der Waals surface area contributed by atoms with Gasteiger partial charge in [0.15, 0.2) is 6.61 Å². The third kappa shape index (κ3) is 3.18. The largest absolute Gasteiger partial charge is 0.496 e. The summed E-state index contributed by atoms with van der Waals surface area (Å²) < 4.78 is 16.8. The van der Waals surface area contributed by atoms with Crippen molar-refractivity contribution in [3.05, 3.63) is 59.5 Å². The minimum Gasteiger partial charge on any atom is -0.496 e. The van der Waals surface area contributed by atoms with Crippen LogP contribution < -0.4 is 9.47 Å². The van der Waals surface area contributed by atoms with E-state index in [0.717, 1.165) is 16.9 Å². The van der Waals surface area contributed by atoms with Crippen molar-refractivity contribution in [3.8, 4) is 23.0 Å². The highest BCUT2D eigenvalue weighted by Gasteiger charge is 2.13. The van der Waals surface area contributed by atoms with Crippen molar-refractivity contribution in [1.82, 2.24) is 10.2 Å². The number of hydrogen-bond donors (Lipinski definition) is 0. The van der Waals surface area contributed by atoms with Crippen LogP contribution in [0.2, 0.25) is 0 Å². The predicted octanol–water partition coefficient (Wildman–Crippen LogP) is 3.94. The van der Waals surface area contributed by atoms with Crippen LogP contribution >= 0.6 is 0 Å². The fourth-order valence-electron chi connectivity index (χ4n) is 2.26. The normalized spacial score (nSPS) is 10.6. The number of ether oxygens (including phenoxy) is 2. The van der Waals surface area contributed by atoms with Crippen LogP contribution in [-0.4, -0.2) is 17.3 Å². The quantitative estimate of drug-likeness (QED) is 0.714. The van der Waals surface area contributed by atoms with Gasteiger partial charge < -0.3 is 13.9 Å². The summed E-state index contributed by atoms with van der Waals surface area (Å²) in [6.45, 7) is 4.31. The number of aromatic nitrogens is 2. The average Bonchev–Trinajstić information content (AvgIpc) is 3.05. The number of benzene rings is 2. The van der Waals surface area contributed by atoms with E-state index in [4.69, 9.17) is 13.9 Å². The van der Waals surface area contributed by atoms with E-state index in [9.17, 15) is 0 Å². The highest BCUT2D eigenvalue weighted by molar-refractivity contribution is 5.62. The van der Waals surface area contributed by atoms with Crippen molar-refractivity contribution in [2.24, 2.45) is 0 Å². The smallest absolute Gasteiger partial charge is 0.254 e. The Hall–Kier alpha value is -2.82. The van der Waals surface area contributed by atoms with E-state index < -0.39 is 0 Å². The Morgan fingerprint density at radius 2 is 1.74 bits per heavy atom. The van der Waals surface area contributed by atoms with Crippen LogP contribution in [0.5, 0.6) is 11.5 Å². The molecule has 1 aromatic heterocycles. The summed E-state index contributed by atoms with van der Waals surface area (Å²) in [5, 5.41) is 8.11. The number of hydrogen-bond acceptors (Lipinski definition) is 5. The topological polar surface area (TPSA) is 57.4 Å². The minimum absolute atomic E-state index is 0.229. The zero-order chi connectivity index (χ0) is 16.2. The predicted molar refractivity (Wildman–Crippen MR) is 86.5 cm³/mol. The average molecular weight is 310 g/mol. The Bertz CT molecular complexity index is 812. The van der Waals surface area contributed by atoms with Gasteiger partial charge in [0.1, 0.15) is 11.5 Å². The van der Waals surface area contributed by atoms with Crippen molar-refractivity contribution >= 4 is 0 Å². The molecule has 3 aromatic rings. The summed E-state index contributed by atoms with van der Waals surface area (Å²) >= 11 is 0. The molecule has 0 radical (unpaired) electrons. The van der Waals surface area contributed by atoms with Crippen LogP contribution in [0.15, 0.2) is 46.9 Å². The molecule has 23 heavy (non-hydrogen) atoms. The lowest BCUT2D eigenvalue weighted by molar-refractivity contribution is 0.262. The molecule has 0 atom stereocenters. The van der Waals surface area contributed by atoms with Crippen LogP contribution in [0.1, 0.15) is 17.0 Å². The first kappa shape index (κ1) is 15.1. The third-order valence-electron chi connectivity index (χ3n) is 3.71. The molecule has 0 aliphatic heterocycles. The molecule has 0 saturated heterocycles. The van der Waals surface area contributed by atoms with Crippen molar-refractivity contribution in [2.45, 2.75) is 20.5 Å². The van der Waals surface area contributed by atoms with E-state index >= 15 is 0 Å². The van der Waals surface area contributed by atoms with Gasteiger partial charge in [-0.25, -0.2) is 0 Å². The summed E-state index contributed by atoms with van der Waals surface area (Å²) in [6.07, 6.45) is 0. The van der Waals surface area contributed by atoms with Gasteiger partial charge in [-0.15, -0.1) is 10.2 Å². The molecule has 5 heteroatoms. The number of rotatable bonds is 5. The first-order valence-electron chi connectivity index (χ1n) is 7.34. The van der Waals surface area contributed by atoms with Gasteiger partial charge in [-0.1, -0.05) is 24.3 Å². The minimum atomic E-state index is 0.229. The summed E-state index contributed by atoms with van der Waals surface area (Å²) in [4.78, 5) is 0. The zero-order valence-electron chi connectivity index (χ0n) is 13.4. The summed E-state index contributed by atoms with van der Waals surface area (Å²) in [5.41, 5.74) is 3.06. The Morgan fingerprint density at radius 3 is 2.57 bits per heavy atom. The first-order chi connectivity index (χ1) is 11.2.